The monoisotopic (exact) mass is 361 g/mol. The number of halogens is 1. The molecule has 25 heavy (non-hydrogen) atoms. The molecule has 0 heterocycles. The molecule has 7 heteroatoms. The van der Waals surface area contributed by atoms with Crippen LogP contribution in [0.5, 0.6) is 5.75 Å². The molecule has 0 unspecified atom stereocenters. The van der Waals surface area contributed by atoms with Crippen LogP contribution in [-0.4, -0.2) is 25.1 Å². The zero-order chi connectivity index (χ0) is 18.4. The first-order valence-corrected chi connectivity index (χ1v) is 8.09. The van der Waals surface area contributed by atoms with Gasteiger partial charge in [-0.15, -0.1) is 0 Å². The van der Waals surface area contributed by atoms with Gasteiger partial charge >= 0.3 is 6.03 Å². The lowest BCUT2D eigenvalue weighted by Gasteiger charge is -2.12. The number of carbonyl (C=O) groups excluding carboxylic acids is 2. The largest absolute Gasteiger partial charge is 0.496 e. The van der Waals surface area contributed by atoms with E-state index in [9.17, 15) is 9.59 Å². The van der Waals surface area contributed by atoms with Gasteiger partial charge in [0.05, 0.1) is 12.7 Å². The first-order valence-electron chi connectivity index (χ1n) is 7.71. The van der Waals surface area contributed by atoms with Crippen molar-refractivity contribution in [3.05, 3.63) is 53.1 Å². The molecule has 2 rings (SSSR count). The summed E-state index contributed by atoms with van der Waals surface area (Å²) in [5.74, 6) is 0.100. The number of urea groups is 1. The van der Waals surface area contributed by atoms with Crippen LogP contribution in [0.15, 0.2) is 42.5 Å². The highest BCUT2D eigenvalue weighted by molar-refractivity contribution is 6.31. The minimum atomic E-state index is -0.336. The lowest BCUT2D eigenvalue weighted by molar-refractivity contribution is 0.102. The Morgan fingerprint density at radius 3 is 2.16 bits per heavy atom. The van der Waals surface area contributed by atoms with Crippen molar-refractivity contribution in [2.75, 3.05) is 17.7 Å². The SMILES string of the molecule is COc1ccc(Cl)cc1C(=O)Nc1ccc(NC(=O)NC(C)C)cc1. The lowest BCUT2D eigenvalue weighted by atomic mass is 10.1. The number of hydrogen-bond donors (Lipinski definition) is 3. The highest BCUT2D eigenvalue weighted by Gasteiger charge is 2.13. The van der Waals surface area contributed by atoms with Crippen molar-refractivity contribution in [1.82, 2.24) is 5.32 Å². The molecule has 0 fully saturated rings. The number of nitrogens with one attached hydrogen (secondary N) is 3. The summed E-state index contributed by atoms with van der Waals surface area (Å²) >= 11 is 5.94. The Morgan fingerprint density at radius 1 is 1.00 bits per heavy atom. The molecule has 0 saturated heterocycles. The van der Waals surface area contributed by atoms with Gasteiger partial charge in [0.1, 0.15) is 5.75 Å². The van der Waals surface area contributed by atoms with Crippen LogP contribution in [0, 0.1) is 0 Å². The molecule has 3 N–H and O–H groups in total. The van der Waals surface area contributed by atoms with Crippen LogP contribution in [0.4, 0.5) is 16.2 Å². The molecule has 0 aliphatic carbocycles. The molecule has 0 aliphatic heterocycles. The van der Waals surface area contributed by atoms with Crippen LogP contribution in [-0.2, 0) is 0 Å². The number of methoxy groups -OCH3 is 1. The summed E-state index contributed by atoms with van der Waals surface area (Å²) in [5, 5.41) is 8.66. The van der Waals surface area contributed by atoms with E-state index in [4.69, 9.17) is 16.3 Å². The maximum Gasteiger partial charge on any atom is 0.319 e. The minimum absolute atomic E-state index is 0.0474. The van der Waals surface area contributed by atoms with E-state index in [0.29, 0.717) is 27.7 Å². The fourth-order valence-electron chi connectivity index (χ4n) is 2.12. The molecule has 132 valence electrons. The third-order valence-electron chi connectivity index (χ3n) is 3.23. The Balaban J connectivity index is 2.05. The second-order valence-corrected chi connectivity index (χ2v) is 6.07. The summed E-state index contributed by atoms with van der Waals surface area (Å²) in [4.78, 5) is 24.1. The number of benzene rings is 2. The van der Waals surface area contributed by atoms with E-state index in [2.05, 4.69) is 16.0 Å². The molecule has 3 amide bonds. The average molecular weight is 362 g/mol. The Labute approximate surface area is 151 Å². The van der Waals surface area contributed by atoms with Gasteiger partial charge in [-0.2, -0.15) is 0 Å². The van der Waals surface area contributed by atoms with Gasteiger partial charge < -0.3 is 20.7 Å². The number of carbonyl (C=O) groups is 2. The Morgan fingerprint density at radius 2 is 1.60 bits per heavy atom. The Bertz CT molecular complexity index is 761. The Kier molecular flexibility index (Phi) is 6.25. The van der Waals surface area contributed by atoms with E-state index < -0.39 is 0 Å². The number of amides is 3. The number of hydrogen-bond acceptors (Lipinski definition) is 3. The van der Waals surface area contributed by atoms with E-state index in [1.54, 1.807) is 42.5 Å². The van der Waals surface area contributed by atoms with Gasteiger partial charge in [-0.05, 0) is 56.3 Å². The molecule has 0 saturated carbocycles. The zero-order valence-electron chi connectivity index (χ0n) is 14.2. The first kappa shape index (κ1) is 18.6. The number of anilines is 2. The van der Waals surface area contributed by atoms with Crippen LogP contribution in [0.1, 0.15) is 24.2 Å². The molecule has 0 aromatic heterocycles. The van der Waals surface area contributed by atoms with E-state index >= 15 is 0 Å². The summed E-state index contributed by atoms with van der Waals surface area (Å²) in [5.41, 5.74) is 1.55. The maximum absolute atomic E-state index is 12.4. The highest BCUT2D eigenvalue weighted by Crippen LogP contribution is 2.24. The van der Waals surface area contributed by atoms with Gasteiger partial charge in [-0.25, -0.2) is 4.79 Å². The van der Waals surface area contributed by atoms with Crippen molar-refractivity contribution in [2.45, 2.75) is 19.9 Å². The van der Waals surface area contributed by atoms with Gasteiger partial charge in [0.25, 0.3) is 5.91 Å². The van der Waals surface area contributed by atoms with Crippen LogP contribution < -0.4 is 20.7 Å². The summed E-state index contributed by atoms with van der Waals surface area (Å²) in [6.45, 7) is 3.75. The second-order valence-electron chi connectivity index (χ2n) is 5.63. The summed E-state index contributed by atoms with van der Waals surface area (Å²) in [7, 11) is 1.49. The fourth-order valence-corrected chi connectivity index (χ4v) is 2.29. The molecular weight excluding hydrogens is 342 g/mol. The molecule has 0 aliphatic rings. The van der Waals surface area contributed by atoms with Gasteiger partial charge in [-0.1, -0.05) is 11.6 Å². The van der Waals surface area contributed by atoms with E-state index in [-0.39, 0.29) is 18.0 Å². The van der Waals surface area contributed by atoms with Crippen molar-refractivity contribution in [1.29, 1.82) is 0 Å². The number of rotatable bonds is 5. The molecule has 0 atom stereocenters. The maximum atomic E-state index is 12.4. The van der Waals surface area contributed by atoms with Crippen LogP contribution in [0.3, 0.4) is 0 Å². The predicted molar refractivity (Wildman–Crippen MR) is 99.7 cm³/mol. The predicted octanol–water partition coefficient (Wildman–Crippen LogP) is 4.13. The van der Waals surface area contributed by atoms with E-state index in [1.165, 1.54) is 7.11 Å². The number of ether oxygens (including phenoxy) is 1. The normalized spacial score (nSPS) is 10.3. The molecule has 0 radical (unpaired) electrons. The topological polar surface area (TPSA) is 79.5 Å². The minimum Gasteiger partial charge on any atom is -0.496 e. The van der Waals surface area contributed by atoms with Crippen LogP contribution >= 0.6 is 11.6 Å². The molecule has 6 nitrogen and oxygen atoms in total. The smallest absolute Gasteiger partial charge is 0.319 e. The van der Waals surface area contributed by atoms with Crippen LogP contribution in [0.2, 0.25) is 5.02 Å². The van der Waals surface area contributed by atoms with E-state index in [0.717, 1.165) is 0 Å². The molecule has 2 aromatic carbocycles. The van der Waals surface area contributed by atoms with Crippen molar-refractivity contribution in [3.8, 4) is 5.75 Å². The van der Waals surface area contributed by atoms with Gasteiger partial charge in [0.15, 0.2) is 0 Å². The van der Waals surface area contributed by atoms with Gasteiger partial charge in [-0.3, -0.25) is 4.79 Å². The second kappa shape index (κ2) is 8.39. The zero-order valence-corrected chi connectivity index (χ0v) is 15.0. The molecule has 2 aromatic rings. The molecular formula is C18H20ClN3O3. The Hall–Kier alpha value is -2.73. The van der Waals surface area contributed by atoms with Gasteiger partial charge in [0, 0.05) is 22.4 Å². The highest BCUT2D eigenvalue weighted by atomic mass is 35.5. The van der Waals surface area contributed by atoms with Crippen molar-refractivity contribution in [3.63, 3.8) is 0 Å². The summed E-state index contributed by atoms with van der Waals surface area (Å²) in [6.07, 6.45) is 0. The quantitative estimate of drug-likeness (QED) is 0.749. The van der Waals surface area contributed by atoms with E-state index in [1.807, 2.05) is 13.8 Å². The lowest BCUT2D eigenvalue weighted by Crippen LogP contribution is -2.34. The molecule has 0 bridgehead atoms. The van der Waals surface area contributed by atoms with Gasteiger partial charge in [0.2, 0.25) is 0 Å². The van der Waals surface area contributed by atoms with Crippen molar-refractivity contribution < 1.29 is 14.3 Å². The third kappa shape index (κ3) is 5.39. The average Bonchev–Trinajstić information content (AvgIpc) is 2.55. The standard InChI is InChI=1S/C18H20ClN3O3/c1-11(2)20-18(24)22-14-7-5-13(6-8-14)21-17(23)15-10-12(19)4-9-16(15)25-3/h4-11H,1-3H3,(H,21,23)(H2,20,22,24). The third-order valence-corrected chi connectivity index (χ3v) is 3.46. The fraction of sp³-hybridized carbons (Fsp3) is 0.222. The van der Waals surface area contributed by atoms with Crippen LogP contribution in [0.25, 0.3) is 0 Å². The van der Waals surface area contributed by atoms with Crippen molar-refractivity contribution in [2.24, 2.45) is 0 Å². The first-order chi connectivity index (χ1) is 11.9. The summed E-state index contributed by atoms with van der Waals surface area (Å²) in [6, 6.07) is 11.4. The molecule has 0 spiro atoms. The van der Waals surface area contributed by atoms with Crippen molar-refractivity contribution >= 4 is 34.9 Å². The summed E-state index contributed by atoms with van der Waals surface area (Å²) < 4.78 is 5.18.